The fourth-order valence-electron chi connectivity index (χ4n) is 1.90. The monoisotopic (exact) mass is 380 g/mol. The molecule has 2 nitrogen and oxygen atoms in total. The predicted molar refractivity (Wildman–Crippen MR) is 88.3 cm³/mol. The van der Waals surface area contributed by atoms with Gasteiger partial charge in [0.15, 0.2) is 0 Å². The number of hydrogen-bond acceptors (Lipinski definition) is 2. The van der Waals surface area contributed by atoms with Gasteiger partial charge in [0.25, 0.3) is 0 Å². The average molecular weight is 381 g/mol. The molecule has 0 spiro atoms. The molecule has 0 heterocycles. The van der Waals surface area contributed by atoms with Gasteiger partial charge in [0.1, 0.15) is 0 Å². The van der Waals surface area contributed by atoms with Crippen LogP contribution in [0.25, 0.3) is 0 Å². The van der Waals surface area contributed by atoms with Crippen molar-refractivity contribution in [1.29, 1.82) is 0 Å². The summed E-state index contributed by atoms with van der Waals surface area (Å²) in [5.41, 5.74) is 1.27. The maximum atomic E-state index is 6.02. The normalized spacial score (nSPS) is 13.0. The van der Waals surface area contributed by atoms with Gasteiger partial charge in [0, 0.05) is 27.7 Å². The van der Waals surface area contributed by atoms with E-state index < -0.39 is 0 Å². The summed E-state index contributed by atoms with van der Waals surface area (Å²) in [7, 11) is 0. The van der Waals surface area contributed by atoms with E-state index in [1.165, 1.54) is 9.13 Å². The van der Waals surface area contributed by atoms with Crippen molar-refractivity contribution < 1.29 is 0 Å². The van der Waals surface area contributed by atoms with Crippen LogP contribution in [0.1, 0.15) is 26.3 Å². The van der Waals surface area contributed by atoms with Crippen LogP contribution in [0, 0.1) is 3.57 Å². The van der Waals surface area contributed by atoms with Crippen LogP contribution in [0.2, 0.25) is 5.02 Å². The summed E-state index contributed by atoms with van der Waals surface area (Å²) in [5.74, 6) is 0. The maximum absolute atomic E-state index is 6.02. The van der Waals surface area contributed by atoms with Crippen molar-refractivity contribution in [3.63, 3.8) is 0 Å². The maximum Gasteiger partial charge on any atom is 0.0409 e. The van der Waals surface area contributed by atoms with Gasteiger partial charge in [-0.1, -0.05) is 25.4 Å². The zero-order valence-electron chi connectivity index (χ0n) is 11.3. The fourth-order valence-corrected chi connectivity index (χ4v) is 2.62. The van der Waals surface area contributed by atoms with Crippen LogP contribution in [0.5, 0.6) is 0 Å². The van der Waals surface area contributed by atoms with E-state index in [1.807, 2.05) is 12.1 Å². The van der Waals surface area contributed by atoms with Crippen molar-refractivity contribution in [2.24, 2.45) is 0 Å². The molecule has 1 aromatic carbocycles. The highest BCUT2D eigenvalue weighted by atomic mass is 127. The molecule has 1 aromatic rings. The Hall–Kier alpha value is 0.160. The molecule has 0 aromatic heterocycles. The van der Waals surface area contributed by atoms with E-state index in [0.717, 1.165) is 31.2 Å². The Morgan fingerprint density at radius 1 is 1.33 bits per heavy atom. The van der Waals surface area contributed by atoms with Crippen molar-refractivity contribution in [3.8, 4) is 0 Å². The van der Waals surface area contributed by atoms with Gasteiger partial charge in [-0.25, -0.2) is 0 Å². The smallest absolute Gasteiger partial charge is 0.0409 e. The zero-order chi connectivity index (χ0) is 13.5. The Kier molecular flexibility index (Phi) is 7.53. The Bertz CT molecular complexity index is 367. The van der Waals surface area contributed by atoms with Crippen molar-refractivity contribution >= 4 is 34.2 Å². The summed E-state index contributed by atoms with van der Waals surface area (Å²) in [4.78, 5) is 2.43. The number of benzene rings is 1. The van der Waals surface area contributed by atoms with Gasteiger partial charge in [-0.15, -0.1) is 0 Å². The molecule has 1 unspecified atom stereocenters. The molecule has 0 aliphatic carbocycles. The largest absolute Gasteiger partial charge is 0.309 e. The molecule has 0 bridgehead atoms. The SMILES string of the molecule is CCN(CC)CC(C)NCc1cc(Cl)ccc1I. The first-order valence-corrected chi connectivity index (χ1v) is 7.92. The predicted octanol–water partition coefficient (Wildman–Crippen LogP) is 3.76. The Morgan fingerprint density at radius 2 is 2.00 bits per heavy atom. The molecule has 0 saturated heterocycles. The van der Waals surface area contributed by atoms with Crippen LogP contribution in [0.3, 0.4) is 0 Å². The lowest BCUT2D eigenvalue weighted by Gasteiger charge is -2.23. The Morgan fingerprint density at radius 3 is 2.61 bits per heavy atom. The standard InChI is InChI=1S/C14H22ClIN2/c1-4-18(5-2)10-11(3)17-9-12-8-13(15)6-7-14(12)16/h6-8,11,17H,4-5,9-10H2,1-3H3. The Labute approximate surface area is 129 Å². The molecular formula is C14H22ClIN2. The second-order valence-electron chi connectivity index (χ2n) is 4.50. The van der Waals surface area contributed by atoms with E-state index in [0.29, 0.717) is 6.04 Å². The first-order valence-electron chi connectivity index (χ1n) is 6.46. The summed E-state index contributed by atoms with van der Waals surface area (Å²) >= 11 is 8.38. The highest BCUT2D eigenvalue weighted by Crippen LogP contribution is 2.17. The fraction of sp³-hybridized carbons (Fsp3) is 0.571. The van der Waals surface area contributed by atoms with Gasteiger partial charge >= 0.3 is 0 Å². The van der Waals surface area contributed by atoms with E-state index in [-0.39, 0.29) is 0 Å². The number of nitrogens with zero attached hydrogens (tertiary/aromatic N) is 1. The number of halogens is 2. The molecule has 0 saturated carbocycles. The molecule has 0 aliphatic rings. The van der Waals surface area contributed by atoms with Gasteiger partial charge in [-0.2, -0.15) is 0 Å². The van der Waals surface area contributed by atoms with Crippen LogP contribution in [-0.2, 0) is 6.54 Å². The Balaban J connectivity index is 2.46. The highest BCUT2D eigenvalue weighted by molar-refractivity contribution is 14.1. The molecule has 0 aliphatic heterocycles. The van der Waals surface area contributed by atoms with Gasteiger partial charge in [0.05, 0.1) is 0 Å². The molecule has 0 fully saturated rings. The van der Waals surface area contributed by atoms with Crippen molar-refractivity contribution in [3.05, 3.63) is 32.4 Å². The number of likely N-dealkylation sites (N-methyl/N-ethyl adjacent to an activating group) is 1. The molecular weight excluding hydrogens is 359 g/mol. The average Bonchev–Trinajstić information content (AvgIpc) is 2.37. The first-order chi connectivity index (χ1) is 8.56. The molecule has 102 valence electrons. The molecule has 1 rings (SSSR count). The molecule has 18 heavy (non-hydrogen) atoms. The zero-order valence-corrected chi connectivity index (χ0v) is 14.3. The van der Waals surface area contributed by atoms with E-state index in [1.54, 1.807) is 0 Å². The van der Waals surface area contributed by atoms with Gasteiger partial charge < -0.3 is 10.2 Å². The van der Waals surface area contributed by atoms with E-state index >= 15 is 0 Å². The lowest BCUT2D eigenvalue weighted by Crippen LogP contribution is -2.38. The second-order valence-corrected chi connectivity index (χ2v) is 6.10. The molecule has 0 amide bonds. The van der Waals surface area contributed by atoms with Crippen molar-refractivity contribution in [2.75, 3.05) is 19.6 Å². The third kappa shape index (κ3) is 5.43. The van der Waals surface area contributed by atoms with Crippen LogP contribution in [-0.4, -0.2) is 30.6 Å². The summed E-state index contributed by atoms with van der Waals surface area (Å²) in [6, 6.07) is 6.53. The van der Waals surface area contributed by atoms with E-state index in [4.69, 9.17) is 11.6 Å². The third-order valence-electron chi connectivity index (χ3n) is 3.08. The second kappa shape index (κ2) is 8.35. The molecule has 1 N–H and O–H groups in total. The minimum atomic E-state index is 0.486. The van der Waals surface area contributed by atoms with Crippen LogP contribution >= 0.6 is 34.2 Å². The number of rotatable bonds is 7. The number of hydrogen-bond donors (Lipinski definition) is 1. The minimum absolute atomic E-state index is 0.486. The van der Waals surface area contributed by atoms with Crippen LogP contribution < -0.4 is 5.32 Å². The third-order valence-corrected chi connectivity index (χ3v) is 4.36. The topological polar surface area (TPSA) is 15.3 Å². The lowest BCUT2D eigenvalue weighted by molar-refractivity contribution is 0.270. The quantitative estimate of drug-likeness (QED) is 0.725. The number of nitrogens with one attached hydrogen (secondary N) is 1. The summed E-state index contributed by atoms with van der Waals surface area (Å²) < 4.78 is 1.26. The molecule has 4 heteroatoms. The molecule has 1 atom stereocenters. The van der Waals surface area contributed by atoms with E-state index in [2.05, 4.69) is 59.6 Å². The van der Waals surface area contributed by atoms with Gasteiger partial charge in [-0.05, 0) is 66.4 Å². The molecule has 0 radical (unpaired) electrons. The van der Waals surface area contributed by atoms with Crippen molar-refractivity contribution in [2.45, 2.75) is 33.4 Å². The van der Waals surface area contributed by atoms with Crippen molar-refractivity contribution in [1.82, 2.24) is 10.2 Å². The van der Waals surface area contributed by atoms with Gasteiger partial charge in [-0.3, -0.25) is 0 Å². The lowest BCUT2D eigenvalue weighted by atomic mass is 10.2. The van der Waals surface area contributed by atoms with Gasteiger partial charge in [0.2, 0.25) is 0 Å². The summed E-state index contributed by atoms with van der Waals surface area (Å²) in [5, 5.41) is 4.37. The van der Waals surface area contributed by atoms with E-state index in [9.17, 15) is 0 Å². The first kappa shape index (κ1) is 16.2. The minimum Gasteiger partial charge on any atom is -0.309 e. The van der Waals surface area contributed by atoms with Crippen LogP contribution in [0.15, 0.2) is 18.2 Å². The van der Waals surface area contributed by atoms with Crippen LogP contribution in [0.4, 0.5) is 0 Å². The summed E-state index contributed by atoms with van der Waals surface area (Å²) in [6.07, 6.45) is 0. The highest BCUT2D eigenvalue weighted by Gasteiger charge is 2.07. The summed E-state index contributed by atoms with van der Waals surface area (Å²) in [6.45, 7) is 10.8.